The van der Waals surface area contributed by atoms with Crippen LogP contribution in [0.3, 0.4) is 0 Å². The third kappa shape index (κ3) is 4.20. The third-order valence-electron chi connectivity index (χ3n) is 5.15. The molecule has 0 saturated carbocycles. The number of rotatable bonds is 5. The first-order valence-electron chi connectivity index (χ1n) is 9.33. The number of aryl methyl sites for hydroxylation is 2. The number of nitrogens with zero attached hydrogens (tertiary/aromatic N) is 2. The molecule has 1 aliphatic heterocycles. The summed E-state index contributed by atoms with van der Waals surface area (Å²) in [4.78, 5) is 13.4. The van der Waals surface area contributed by atoms with Gasteiger partial charge in [-0.15, -0.1) is 0 Å². The van der Waals surface area contributed by atoms with E-state index in [4.69, 9.17) is 5.11 Å². The van der Waals surface area contributed by atoms with Crippen LogP contribution in [0.4, 0.5) is 5.69 Å². The predicted molar refractivity (Wildman–Crippen MR) is 109 cm³/mol. The molecule has 0 radical (unpaired) electrons. The van der Waals surface area contributed by atoms with Gasteiger partial charge in [0.2, 0.25) is 10.0 Å². The van der Waals surface area contributed by atoms with Crippen LogP contribution in [0.15, 0.2) is 47.4 Å². The van der Waals surface area contributed by atoms with Gasteiger partial charge in [0, 0.05) is 31.4 Å². The lowest BCUT2D eigenvalue weighted by molar-refractivity contribution is -0.136. The van der Waals surface area contributed by atoms with Gasteiger partial charge >= 0.3 is 5.97 Å². The quantitative estimate of drug-likeness (QED) is 0.832. The molecule has 28 heavy (non-hydrogen) atoms. The Kier molecular flexibility index (Phi) is 5.76. The summed E-state index contributed by atoms with van der Waals surface area (Å²) >= 11 is 0. The predicted octanol–water partition coefficient (Wildman–Crippen LogP) is 2.83. The fraction of sp³-hybridized carbons (Fsp3) is 0.381. The summed E-state index contributed by atoms with van der Waals surface area (Å²) in [5.74, 6) is -0.979. The van der Waals surface area contributed by atoms with Gasteiger partial charge in [-0.3, -0.25) is 4.79 Å². The monoisotopic (exact) mass is 402 g/mol. The van der Waals surface area contributed by atoms with Gasteiger partial charge in [-0.05, 0) is 55.7 Å². The molecule has 2 aromatic rings. The number of piperazine rings is 1. The Hall–Kier alpha value is -2.38. The van der Waals surface area contributed by atoms with E-state index in [-0.39, 0.29) is 17.4 Å². The van der Waals surface area contributed by atoms with Crippen molar-refractivity contribution in [3.05, 3.63) is 59.2 Å². The Balaban J connectivity index is 1.83. The van der Waals surface area contributed by atoms with Crippen LogP contribution in [0.25, 0.3) is 0 Å². The minimum atomic E-state index is -3.68. The van der Waals surface area contributed by atoms with Gasteiger partial charge in [0.25, 0.3) is 0 Å². The van der Waals surface area contributed by atoms with Gasteiger partial charge in [0.15, 0.2) is 0 Å². The van der Waals surface area contributed by atoms with Crippen LogP contribution in [0, 0.1) is 13.8 Å². The van der Waals surface area contributed by atoms with Crippen LogP contribution in [0.1, 0.15) is 23.6 Å². The Morgan fingerprint density at radius 2 is 1.89 bits per heavy atom. The zero-order valence-corrected chi connectivity index (χ0v) is 17.2. The number of hydrogen-bond acceptors (Lipinski definition) is 4. The molecule has 1 heterocycles. The van der Waals surface area contributed by atoms with Crippen LogP contribution in [0.2, 0.25) is 0 Å². The molecular formula is C21H26N2O4S. The number of anilines is 1. The average Bonchev–Trinajstić information content (AvgIpc) is 2.62. The Morgan fingerprint density at radius 3 is 2.54 bits per heavy atom. The smallest absolute Gasteiger partial charge is 0.307 e. The van der Waals surface area contributed by atoms with E-state index in [1.54, 1.807) is 19.1 Å². The normalized spacial score (nSPS) is 18.2. The Bertz CT molecular complexity index is 988. The van der Waals surface area contributed by atoms with E-state index in [0.717, 1.165) is 5.69 Å². The molecule has 6 nitrogen and oxygen atoms in total. The molecule has 2 aromatic carbocycles. The van der Waals surface area contributed by atoms with Crippen LogP contribution >= 0.6 is 0 Å². The van der Waals surface area contributed by atoms with Crippen molar-refractivity contribution in [1.29, 1.82) is 0 Å². The third-order valence-corrected chi connectivity index (χ3v) is 7.16. The highest BCUT2D eigenvalue weighted by molar-refractivity contribution is 7.89. The second-order valence-corrected chi connectivity index (χ2v) is 9.32. The lowest BCUT2D eigenvalue weighted by atomic mass is 10.1. The lowest BCUT2D eigenvalue weighted by Gasteiger charge is -2.40. The van der Waals surface area contributed by atoms with Gasteiger partial charge < -0.3 is 10.0 Å². The maximum absolute atomic E-state index is 13.2. The fourth-order valence-electron chi connectivity index (χ4n) is 3.68. The molecule has 0 amide bonds. The van der Waals surface area contributed by atoms with Crippen molar-refractivity contribution in [2.24, 2.45) is 0 Å². The number of carbonyl (C=O) groups is 1. The van der Waals surface area contributed by atoms with Gasteiger partial charge in [-0.1, -0.05) is 24.3 Å². The van der Waals surface area contributed by atoms with Gasteiger partial charge in [0.05, 0.1) is 11.3 Å². The molecule has 1 saturated heterocycles. The summed E-state index contributed by atoms with van der Waals surface area (Å²) in [5.41, 5.74) is 3.39. The second kappa shape index (κ2) is 7.93. The number of sulfonamides is 1. The van der Waals surface area contributed by atoms with Crippen LogP contribution < -0.4 is 4.90 Å². The molecule has 1 N–H and O–H groups in total. The summed E-state index contributed by atoms with van der Waals surface area (Å²) in [5, 5.41) is 9.00. The van der Waals surface area contributed by atoms with E-state index >= 15 is 0 Å². The van der Waals surface area contributed by atoms with E-state index in [1.807, 2.05) is 32.0 Å². The molecule has 1 aliphatic rings. The molecule has 150 valence electrons. The van der Waals surface area contributed by atoms with E-state index in [9.17, 15) is 13.2 Å². The Morgan fingerprint density at radius 1 is 1.14 bits per heavy atom. The van der Waals surface area contributed by atoms with E-state index in [1.165, 1.54) is 15.9 Å². The number of carboxylic acid groups (broad SMARTS) is 1. The van der Waals surface area contributed by atoms with Crippen molar-refractivity contribution in [1.82, 2.24) is 4.31 Å². The molecule has 0 bridgehead atoms. The molecule has 3 rings (SSSR count). The highest BCUT2D eigenvalue weighted by Crippen LogP contribution is 2.27. The van der Waals surface area contributed by atoms with E-state index in [0.29, 0.717) is 30.8 Å². The van der Waals surface area contributed by atoms with Crippen LogP contribution in [0.5, 0.6) is 0 Å². The first-order chi connectivity index (χ1) is 13.2. The first-order valence-corrected chi connectivity index (χ1v) is 10.8. The van der Waals surface area contributed by atoms with Crippen molar-refractivity contribution in [3.8, 4) is 0 Å². The van der Waals surface area contributed by atoms with Crippen LogP contribution in [-0.4, -0.2) is 49.5 Å². The second-order valence-electron chi connectivity index (χ2n) is 7.41. The minimum Gasteiger partial charge on any atom is -0.481 e. The average molecular weight is 403 g/mol. The van der Waals surface area contributed by atoms with E-state index < -0.39 is 16.0 Å². The highest BCUT2D eigenvalue weighted by atomic mass is 32.2. The summed E-state index contributed by atoms with van der Waals surface area (Å²) in [6.07, 6.45) is -0.194. The zero-order valence-electron chi connectivity index (χ0n) is 16.4. The van der Waals surface area contributed by atoms with Gasteiger partial charge in [0.1, 0.15) is 0 Å². The molecule has 0 spiro atoms. The molecule has 0 aliphatic carbocycles. The minimum absolute atomic E-state index is 0.0350. The SMILES string of the molecule is Cc1cccc(N2CCN(S(=O)(=O)c3cc(CC(=O)O)ccc3C)CC2C)c1. The summed E-state index contributed by atoms with van der Waals surface area (Å²) in [6, 6.07) is 13.1. The van der Waals surface area contributed by atoms with Gasteiger partial charge in [-0.25, -0.2) is 8.42 Å². The summed E-state index contributed by atoms with van der Waals surface area (Å²) in [6.45, 7) is 7.20. The Labute approximate surface area is 166 Å². The lowest BCUT2D eigenvalue weighted by Crippen LogP contribution is -2.53. The molecule has 0 aromatic heterocycles. The van der Waals surface area contributed by atoms with Crippen molar-refractivity contribution in [2.75, 3.05) is 24.5 Å². The van der Waals surface area contributed by atoms with Crippen molar-refractivity contribution in [3.63, 3.8) is 0 Å². The number of hydrogen-bond donors (Lipinski definition) is 1. The van der Waals surface area contributed by atoms with Crippen molar-refractivity contribution >= 4 is 21.7 Å². The highest BCUT2D eigenvalue weighted by Gasteiger charge is 2.33. The number of carboxylic acids is 1. The maximum Gasteiger partial charge on any atom is 0.307 e. The molecule has 7 heteroatoms. The van der Waals surface area contributed by atoms with Crippen LogP contribution in [-0.2, 0) is 21.2 Å². The summed E-state index contributed by atoms with van der Waals surface area (Å²) in [7, 11) is -3.68. The largest absolute Gasteiger partial charge is 0.481 e. The molecular weight excluding hydrogens is 376 g/mol. The molecule has 1 unspecified atom stereocenters. The number of benzene rings is 2. The summed E-state index contributed by atoms with van der Waals surface area (Å²) < 4.78 is 28.0. The van der Waals surface area contributed by atoms with E-state index in [2.05, 4.69) is 11.0 Å². The molecule has 1 fully saturated rings. The number of aliphatic carboxylic acids is 1. The van der Waals surface area contributed by atoms with Crippen molar-refractivity contribution < 1.29 is 18.3 Å². The standard InChI is InChI=1S/C21H26N2O4S/c1-15-5-4-6-19(11-15)23-10-9-22(14-17(23)3)28(26,27)20-12-18(13-21(24)25)8-7-16(20)2/h4-8,11-12,17H,9-10,13-14H2,1-3H3,(H,24,25). The van der Waals surface area contributed by atoms with Gasteiger partial charge in [-0.2, -0.15) is 4.31 Å². The zero-order chi connectivity index (χ0) is 20.5. The van der Waals surface area contributed by atoms with Crippen molar-refractivity contribution in [2.45, 2.75) is 38.1 Å². The maximum atomic E-state index is 13.2. The first kappa shape index (κ1) is 20.4. The topological polar surface area (TPSA) is 77.9 Å². The fourth-order valence-corrected chi connectivity index (χ4v) is 5.47. The molecule has 1 atom stereocenters.